The maximum absolute atomic E-state index is 13.1. The van der Waals surface area contributed by atoms with E-state index >= 15 is 0 Å². The van der Waals surface area contributed by atoms with Crippen molar-refractivity contribution in [3.63, 3.8) is 0 Å². The lowest BCUT2D eigenvalue weighted by Crippen LogP contribution is -2.29. The topological polar surface area (TPSA) is 91.4 Å². The van der Waals surface area contributed by atoms with E-state index in [-0.39, 0.29) is 17.2 Å². The maximum atomic E-state index is 13.1. The summed E-state index contributed by atoms with van der Waals surface area (Å²) in [7, 11) is 0. The Bertz CT molecular complexity index is 1400. The number of halogens is 1. The zero-order valence-electron chi connectivity index (χ0n) is 16.4. The summed E-state index contributed by atoms with van der Waals surface area (Å²) in [6.07, 6.45) is 5.04. The number of fused-ring (bicyclic) bond motifs is 2. The number of hydrogen-bond acceptors (Lipinski definition) is 7. The Morgan fingerprint density at radius 3 is 2.97 bits per heavy atom. The SMILES string of the molecule is O=c1c2cccnc2nc(SCc2cc(=O)n3cc(Cl)ccc3n2)n1C[C@H]1CCCO1. The molecule has 0 amide bonds. The summed E-state index contributed by atoms with van der Waals surface area (Å²) < 4.78 is 8.79. The molecule has 1 fully saturated rings. The Morgan fingerprint density at radius 1 is 1.23 bits per heavy atom. The van der Waals surface area contributed by atoms with Crippen molar-refractivity contribution in [1.82, 2.24) is 23.9 Å². The van der Waals surface area contributed by atoms with E-state index < -0.39 is 0 Å². The summed E-state index contributed by atoms with van der Waals surface area (Å²) in [5, 5.41) is 1.47. The molecule has 0 unspecified atom stereocenters. The third-order valence-corrected chi connectivity index (χ3v) is 6.36. The summed E-state index contributed by atoms with van der Waals surface area (Å²) in [6.45, 7) is 1.14. The molecule has 4 aromatic heterocycles. The fourth-order valence-electron chi connectivity index (χ4n) is 3.64. The van der Waals surface area contributed by atoms with Crippen molar-refractivity contribution < 1.29 is 4.74 Å². The number of hydrogen-bond donors (Lipinski definition) is 0. The fourth-order valence-corrected chi connectivity index (χ4v) is 4.69. The number of ether oxygens (including phenoxy) is 1. The lowest BCUT2D eigenvalue weighted by molar-refractivity contribution is 0.0937. The second-order valence-corrected chi connectivity index (χ2v) is 8.65. The second kappa shape index (κ2) is 8.41. The molecule has 1 saturated heterocycles. The molecule has 0 radical (unpaired) electrons. The van der Waals surface area contributed by atoms with Crippen molar-refractivity contribution in [3.8, 4) is 0 Å². The van der Waals surface area contributed by atoms with Crippen molar-refractivity contribution in [2.24, 2.45) is 0 Å². The lowest BCUT2D eigenvalue weighted by Gasteiger charge is -2.16. The van der Waals surface area contributed by atoms with E-state index in [1.165, 1.54) is 22.2 Å². The number of nitrogens with zero attached hydrogens (tertiary/aromatic N) is 5. The average molecular weight is 456 g/mol. The van der Waals surface area contributed by atoms with Crippen LogP contribution in [0.4, 0.5) is 0 Å². The summed E-state index contributed by atoms with van der Waals surface area (Å²) in [5.74, 6) is 0.380. The molecule has 0 spiro atoms. The second-order valence-electron chi connectivity index (χ2n) is 7.27. The fraction of sp³-hybridized carbons (Fsp3) is 0.286. The van der Waals surface area contributed by atoms with Crippen molar-refractivity contribution in [2.75, 3.05) is 6.61 Å². The maximum Gasteiger partial charge on any atom is 0.263 e. The third-order valence-electron chi connectivity index (χ3n) is 5.13. The van der Waals surface area contributed by atoms with E-state index in [9.17, 15) is 9.59 Å². The molecule has 0 aliphatic carbocycles. The van der Waals surface area contributed by atoms with Gasteiger partial charge in [0.1, 0.15) is 5.65 Å². The highest BCUT2D eigenvalue weighted by molar-refractivity contribution is 7.98. The van der Waals surface area contributed by atoms with Gasteiger partial charge >= 0.3 is 0 Å². The van der Waals surface area contributed by atoms with Crippen LogP contribution in [0.15, 0.2) is 57.5 Å². The Labute approximate surface area is 185 Å². The first kappa shape index (κ1) is 20.2. The minimum Gasteiger partial charge on any atom is -0.376 e. The van der Waals surface area contributed by atoms with Gasteiger partial charge < -0.3 is 4.74 Å². The van der Waals surface area contributed by atoms with Crippen LogP contribution < -0.4 is 11.1 Å². The van der Waals surface area contributed by atoms with Crippen molar-refractivity contribution in [1.29, 1.82) is 0 Å². The smallest absolute Gasteiger partial charge is 0.263 e. The molecule has 5 rings (SSSR count). The van der Waals surface area contributed by atoms with Gasteiger partial charge in [0.05, 0.1) is 28.8 Å². The largest absolute Gasteiger partial charge is 0.376 e. The summed E-state index contributed by atoms with van der Waals surface area (Å²) in [4.78, 5) is 39.0. The first-order valence-electron chi connectivity index (χ1n) is 9.86. The van der Waals surface area contributed by atoms with Gasteiger partial charge in [-0.15, -0.1) is 0 Å². The van der Waals surface area contributed by atoms with Crippen LogP contribution in [0.5, 0.6) is 0 Å². The molecule has 1 atom stereocenters. The molecule has 31 heavy (non-hydrogen) atoms. The molecule has 0 aromatic carbocycles. The molecule has 0 saturated carbocycles. The van der Waals surface area contributed by atoms with E-state index in [4.69, 9.17) is 16.3 Å². The molecular weight excluding hydrogens is 438 g/mol. The van der Waals surface area contributed by atoms with E-state index in [1.807, 2.05) is 0 Å². The van der Waals surface area contributed by atoms with Gasteiger partial charge in [0.2, 0.25) is 0 Å². The molecule has 8 nitrogen and oxygen atoms in total. The Balaban J connectivity index is 1.50. The van der Waals surface area contributed by atoms with Gasteiger partial charge in [-0.3, -0.25) is 18.6 Å². The number of pyridine rings is 2. The Kier molecular flexibility index (Phi) is 5.47. The van der Waals surface area contributed by atoms with Crippen LogP contribution in [-0.2, 0) is 17.0 Å². The van der Waals surface area contributed by atoms with Gasteiger partial charge in [-0.25, -0.2) is 15.0 Å². The van der Waals surface area contributed by atoms with E-state index in [0.29, 0.717) is 51.5 Å². The molecule has 158 valence electrons. The van der Waals surface area contributed by atoms with Gasteiger partial charge in [-0.1, -0.05) is 23.4 Å². The van der Waals surface area contributed by atoms with Crippen LogP contribution in [0.3, 0.4) is 0 Å². The van der Waals surface area contributed by atoms with Crippen LogP contribution >= 0.6 is 23.4 Å². The van der Waals surface area contributed by atoms with Crippen LogP contribution in [0.1, 0.15) is 18.5 Å². The van der Waals surface area contributed by atoms with Gasteiger partial charge in [-0.2, -0.15) is 0 Å². The van der Waals surface area contributed by atoms with Gasteiger partial charge in [0.25, 0.3) is 11.1 Å². The predicted octanol–water partition coefficient (Wildman–Crippen LogP) is 2.92. The Hall–Kier alpha value is -2.75. The molecule has 5 heterocycles. The number of rotatable bonds is 5. The number of thioether (sulfide) groups is 1. The summed E-state index contributed by atoms with van der Waals surface area (Å²) in [5.41, 5.74) is 1.15. The minimum absolute atomic E-state index is 0.0128. The quantitative estimate of drug-likeness (QED) is 0.337. The van der Waals surface area contributed by atoms with E-state index in [2.05, 4.69) is 15.0 Å². The van der Waals surface area contributed by atoms with Gasteiger partial charge in [0, 0.05) is 30.8 Å². The summed E-state index contributed by atoms with van der Waals surface area (Å²) >= 11 is 7.33. The highest BCUT2D eigenvalue weighted by atomic mass is 35.5. The summed E-state index contributed by atoms with van der Waals surface area (Å²) in [6, 6.07) is 8.32. The highest BCUT2D eigenvalue weighted by Gasteiger charge is 2.20. The molecule has 4 aromatic rings. The average Bonchev–Trinajstić information content (AvgIpc) is 3.28. The first-order valence-corrected chi connectivity index (χ1v) is 11.2. The molecule has 1 aliphatic heterocycles. The van der Waals surface area contributed by atoms with Gasteiger partial charge in [-0.05, 0) is 37.1 Å². The highest BCUT2D eigenvalue weighted by Crippen LogP contribution is 2.23. The van der Waals surface area contributed by atoms with Crippen LogP contribution in [0, 0.1) is 0 Å². The molecule has 0 bridgehead atoms. The van der Waals surface area contributed by atoms with E-state index in [1.54, 1.807) is 41.2 Å². The van der Waals surface area contributed by atoms with Crippen LogP contribution in [-0.4, -0.2) is 36.6 Å². The normalized spacial score (nSPS) is 16.4. The molecule has 0 N–H and O–H groups in total. The van der Waals surface area contributed by atoms with E-state index in [0.717, 1.165) is 12.8 Å². The number of aromatic nitrogens is 5. The first-order chi connectivity index (χ1) is 15.1. The van der Waals surface area contributed by atoms with Crippen molar-refractivity contribution in [2.45, 2.75) is 36.4 Å². The lowest BCUT2D eigenvalue weighted by atomic mass is 10.2. The standard InChI is InChI=1S/C21H18ClN5O3S/c22-13-5-6-17-24-14(9-18(28)26(17)10-13)12-31-21-25-19-16(4-1-7-23-19)20(29)27(21)11-15-3-2-8-30-15/h1,4-7,9-10,15H,2-3,8,11-12H2/t15-/m1/s1. The van der Waals surface area contributed by atoms with Crippen LogP contribution in [0.2, 0.25) is 5.02 Å². The third kappa shape index (κ3) is 4.08. The monoisotopic (exact) mass is 455 g/mol. The predicted molar refractivity (Wildman–Crippen MR) is 119 cm³/mol. The molecular formula is C21H18ClN5O3S. The van der Waals surface area contributed by atoms with Crippen molar-refractivity contribution >= 4 is 40.0 Å². The zero-order valence-corrected chi connectivity index (χ0v) is 18.0. The minimum atomic E-state index is -0.215. The van der Waals surface area contributed by atoms with Gasteiger partial charge in [0.15, 0.2) is 10.8 Å². The zero-order chi connectivity index (χ0) is 21.4. The molecule has 10 heteroatoms. The Morgan fingerprint density at radius 2 is 2.13 bits per heavy atom. The van der Waals surface area contributed by atoms with Crippen molar-refractivity contribution in [3.05, 3.63) is 74.1 Å². The van der Waals surface area contributed by atoms with Crippen LogP contribution in [0.25, 0.3) is 16.7 Å². The molecule has 1 aliphatic rings.